The number of aromatic nitrogens is 2. The molecule has 0 aliphatic heterocycles. The van der Waals surface area contributed by atoms with Gasteiger partial charge in [0.25, 0.3) is 5.95 Å². The molecule has 17 heavy (non-hydrogen) atoms. The van der Waals surface area contributed by atoms with Gasteiger partial charge in [0.2, 0.25) is 0 Å². The Morgan fingerprint density at radius 1 is 1.12 bits per heavy atom. The predicted octanol–water partition coefficient (Wildman–Crippen LogP) is 2.76. The molecule has 0 unspecified atom stereocenters. The van der Waals surface area contributed by atoms with Gasteiger partial charge < -0.3 is 0 Å². The van der Waals surface area contributed by atoms with Crippen molar-refractivity contribution >= 4 is 11.6 Å². The second kappa shape index (κ2) is 4.47. The van der Waals surface area contributed by atoms with Crippen molar-refractivity contribution in [1.29, 1.82) is 0 Å². The molecule has 0 fully saturated rings. The average Bonchev–Trinajstić information content (AvgIpc) is 2.26. The van der Waals surface area contributed by atoms with Crippen molar-refractivity contribution in [1.82, 2.24) is 9.97 Å². The summed E-state index contributed by atoms with van der Waals surface area (Å²) in [6.07, 6.45) is 0. The SMILES string of the molecule is Cc1cc(C)nc(N(O)c2cccc(F)c2)n1. The van der Waals surface area contributed by atoms with Gasteiger partial charge in [-0.05, 0) is 32.0 Å². The molecule has 0 atom stereocenters. The van der Waals surface area contributed by atoms with Crippen molar-refractivity contribution in [2.75, 3.05) is 5.06 Å². The van der Waals surface area contributed by atoms with E-state index < -0.39 is 5.82 Å². The first-order chi connectivity index (χ1) is 8.06. The number of anilines is 2. The minimum atomic E-state index is -0.425. The number of halogens is 1. The first-order valence-electron chi connectivity index (χ1n) is 5.13. The van der Waals surface area contributed by atoms with E-state index in [2.05, 4.69) is 9.97 Å². The molecule has 0 aliphatic rings. The van der Waals surface area contributed by atoms with Gasteiger partial charge in [0.05, 0.1) is 5.69 Å². The summed E-state index contributed by atoms with van der Waals surface area (Å²) in [6, 6.07) is 7.39. The van der Waals surface area contributed by atoms with Crippen LogP contribution in [-0.4, -0.2) is 15.2 Å². The summed E-state index contributed by atoms with van der Waals surface area (Å²) in [6.45, 7) is 3.61. The monoisotopic (exact) mass is 233 g/mol. The summed E-state index contributed by atoms with van der Waals surface area (Å²) >= 11 is 0. The summed E-state index contributed by atoms with van der Waals surface area (Å²) < 4.78 is 13.0. The number of benzene rings is 1. The van der Waals surface area contributed by atoms with Crippen molar-refractivity contribution in [3.63, 3.8) is 0 Å². The Morgan fingerprint density at radius 3 is 2.35 bits per heavy atom. The molecule has 1 aromatic heterocycles. The molecular formula is C12H12FN3O. The van der Waals surface area contributed by atoms with Crippen LogP contribution in [0.2, 0.25) is 0 Å². The van der Waals surface area contributed by atoms with Gasteiger partial charge in [0.1, 0.15) is 5.82 Å². The maximum atomic E-state index is 13.0. The Morgan fingerprint density at radius 2 is 1.76 bits per heavy atom. The lowest BCUT2D eigenvalue weighted by atomic mass is 10.3. The topological polar surface area (TPSA) is 49.2 Å². The molecule has 0 saturated carbocycles. The number of hydrogen-bond donors (Lipinski definition) is 1. The van der Waals surface area contributed by atoms with Gasteiger partial charge in [0, 0.05) is 17.5 Å². The minimum Gasteiger partial charge on any atom is -0.281 e. The van der Waals surface area contributed by atoms with Crippen LogP contribution in [0.15, 0.2) is 30.3 Å². The number of rotatable bonds is 2. The Kier molecular flexibility index (Phi) is 3.01. The summed E-state index contributed by atoms with van der Waals surface area (Å²) in [5.41, 5.74) is 1.76. The van der Waals surface area contributed by atoms with E-state index >= 15 is 0 Å². The summed E-state index contributed by atoms with van der Waals surface area (Å²) in [5.74, 6) is -0.293. The molecule has 0 aliphatic carbocycles. The van der Waals surface area contributed by atoms with E-state index in [-0.39, 0.29) is 11.6 Å². The second-order valence-corrected chi connectivity index (χ2v) is 3.74. The zero-order chi connectivity index (χ0) is 12.4. The normalized spacial score (nSPS) is 10.4. The lowest BCUT2D eigenvalue weighted by Gasteiger charge is -2.15. The highest BCUT2D eigenvalue weighted by molar-refractivity contribution is 5.53. The predicted molar refractivity (Wildman–Crippen MR) is 61.8 cm³/mol. The van der Waals surface area contributed by atoms with Crippen molar-refractivity contribution in [3.8, 4) is 0 Å². The van der Waals surface area contributed by atoms with Crippen LogP contribution in [0.25, 0.3) is 0 Å². The van der Waals surface area contributed by atoms with Crippen molar-refractivity contribution in [3.05, 3.63) is 47.5 Å². The molecule has 1 N–H and O–H groups in total. The van der Waals surface area contributed by atoms with Crippen molar-refractivity contribution in [2.24, 2.45) is 0 Å². The maximum Gasteiger partial charge on any atom is 0.254 e. The van der Waals surface area contributed by atoms with E-state index in [0.29, 0.717) is 0 Å². The van der Waals surface area contributed by atoms with Crippen molar-refractivity contribution < 1.29 is 9.60 Å². The first-order valence-corrected chi connectivity index (χ1v) is 5.13. The van der Waals surface area contributed by atoms with Crippen LogP contribution in [0.4, 0.5) is 16.0 Å². The third-order valence-electron chi connectivity index (χ3n) is 2.21. The minimum absolute atomic E-state index is 0.133. The van der Waals surface area contributed by atoms with Gasteiger partial charge in [-0.25, -0.2) is 14.4 Å². The molecular weight excluding hydrogens is 221 g/mol. The van der Waals surface area contributed by atoms with Crippen LogP contribution in [0, 0.1) is 19.7 Å². The van der Waals surface area contributed by atoms with E-state index in [1.54, 1.807) is 26.0 Å². The van der Waals surface area contributed by atoms with Crippen molar-refractivity contribution in [2.45, 2.75) is 13.8 Å². The third-order valence-corrected chi connectivity index (χ3v) is 2.21. The van der Waals surface area contributed by atoms with E-state index in [0.717, 1.165) is 16.5 Å². The van der Waals surface area contributed by atoms with Gasteiger partial charge in [-0.2, -0.15) is 5.06 Å². The zero-order valence-corrected chi connectivity index (χ0v) is 9.55. The number of nitrogens with zero attached hydrogens (tertiary/aromatic N) is 3. The van der Waals surface area contributed by atoms with E-state index in [4.69, 9.17) is 0 Å². The highest BCUT2D eigenvalue weighted by atomic mass is 19.1. The lowest BCUT2D eigenvalue weighted by Crippen LogP contribution is -2.15. The number of aryl methyl sites for hydroxylation is 2. The molecule has 0 amide bonds. The molecule has 2 aromatic rings. The Hall–Kier alpha value is -2.01. The molecule has 4 nitrogen and oxygen atoms in total. The smallest absolute Gasteiger partial charge is 0.254 e. The van der Waals surface area contributed by atoms with E-state index in [1.807, 2.05) is 0 Å². The molecule has 2 rings (SSSR count). The van der Waals surface area contributed by atoms with Crippen LogP contribution >= 0.6 is 0 Å². The Labute approximate surface area is 98.3 Å². The Bertz CT molecular complexity index is 525. The highest BCUT2D eigenvalue weighted by Crippen LogP contribution is 2.20. The third kappa shape index (κ3) is 2.57. The molecule has 88 valence electrons. The fourth-order valence-electron chi connectivity index (χ4n) is 1.53. The molecule has 5 heteroatoms. The molecule has 0 spiro atoms. The van der Waals surface area contributed by atoms with Crippen LogP contribution in [0.3, 0.4) is 0 Å². The molecule has 0 radical (unpaired) electrons. The summed E-state index contributed by atoms with van der Waals surface area (Å²) in [7, 11) is 0. The average molecular weight is 233 g/mol. The van der Waals surface area contributed by atoms with E-state index in [1.165, 1.54) is 18.2 Å². The first kappa shape index (κ1) is 11.5. The highest BCUT2D eigenvalue weighted by Gasteiger charge is 2.10. The van der Waals surface area contributed by atoms with Crippen LogP contribution in [-0.2, 0) is 0 Å². The van der Waals surface area contributed by atoms with E-state index in [9.17, 15) is 9.60 Å². The molecule has 1 aromatic carbocycles. The lowest BCUT2D eigenvalue weighted by molar-refractivity contribution is 0.293. The van der Waals surface area contributed by atoms with Crippen LogP contribution < -0.4 is 5.06 Å². The molecule has 1 heterocycles. The van der Waals surface area contributed by atoms with Gasteiger partial charge in [-0.1, -0.05) is 6.07 Å². The van der Waals surface area contributed by atoms with Crippen LogP contribution in [0.1, 0.15) is 11.4 Å². The maximum absolute atomic E-state index is 13.0. The van der Waals surface area contributed by atoms with Crippen LogP contribution in [0.5, 0.6) is 0 Å². The molecule has 0 saturated heterocycles. The van der Waals surface area contributed by atoms with Gasteiger partial charge in [0.15, 0.2) is 0 Å². The summed E-state index contributed by atoms with van der Waals surface area (Å²) in [5, 5.41) is 10.7. The number of hydrogen-bond acceptors (Lipinski definition) is 4. The fraction of sp³-hybridized carbons (Fsp3) is 0.167. The zero-order valence-electron chi connectivity index (χ0n) is 9.55. The second-order valence-electron chi connectivity index (χ2n) is 3.74. The molecule has 0 bridgehead atoms. The van der Waals surface area contributed by atoms with Gasteiger partial charge >= 0.3 is 0 Å². The quantitative estimate of drug-likeness (QED) is 0.810. The standard InChI is InChI=1S/C12H12FN3O/c1-8-6-9(2)15-12(14-8)16(17)11-5-3-4-10(13)7-11/h3-7,17H,1-2H3. The van der Waals surface area contributed by atoms with Gasteiger partial charge in [-0.15, -0.1) is 0 Å². The largest absolute Gasteiger partial charge is 0.281 e. The fourth-order valence-corrected chi connectivity index (χ4v) is 1.53. The summed E-state index contributed by atoms with van der Waals surface area (Å²) in [4.78, 5) is 8.16. The Balaban J connectivity index is 2.39. The van der Waals surface area contributed by atoms with Gasteiger partial charge in [-0.3, -0.25) is 5.21 Å².